The van der Waals surface area contributed by atoms with Crippen molar-refractivity contribution >= 4 is 38.9 Å². The van der Waals surface area contributed by atoms with Gasteiger partial charge in [-0.05, 0) is 68.1 Å². The predicted molar refractivity (Wildman–Crippen MR) is 97.5 cm³/mol. The van der Waals surface area contributed by atoms with Crippen LogP contribution >= 0.6 is 38.9 Å². The average Bonchev–Trinajstić information content (AvgIpc) is 2.87. The van der Waals surface area contributed by atoms with Crippen molar-refractivity contribution in [1.82, 2.24) is 5.32 Å². The Labute approximate surface area is 144 Å². The van der Waals surface area contributed by atoms with E-state index in [9.17, 15) is 0 Å². The van der Waals surface area contributed by atoms with Crippen LogP contribution in [0.4, 0.5) is 0 Å². The predicted octanol–water partition coefficient (Wildman–Crippen LogP) is 5.57. The maximum absolute atomic E-state index is 6.05. The van der Waals surface area contributed by atoms with Gasteiger partial charge in [-0.2, -0.15) is 0 Å². The number of halogens is 2. The molecule has 2 aromatic rings. The van der Waals surface area contributed by atoms with Gasteiger partial charge in [-0.1, -0.05) is 46.6 Å². The standard InChI is InChI=1S/C17H21BrClNS/c1-2-9-20-12-14(11-16-7-8-17(19)21-16)10-13-3-5-15(18)6-4-13/h3-8,14,20H,2,9-12H2,1H3. The first kappa shape index (κ1) is 17.0. The fraction of sp³-hybridized carbons (Fsp3) is 0.412. The molecule has 2 rings (SSSR count). The van der Waals surface area contributed by atoms with Gasteiger partial charge in [0.05, 0.1) is 4.34 Å². The van der Waals surface area contributed by atoms with Crippen LogP contribution in [-0.2, 0) is 12.8 Å². The summed E-state index contributed by atoms with van der Waals surface area (Å²) in [7, 11) is 0. The Morgan fingerprint density at radius 1 is 1.14 bits per heavy atom. The third kappa shape index (κ3) is 6.11. The second kappa shape index (κ2) is 8.94. The molecule has 1 nitrogen and oxygen atoms in total. The highest BCUT2D eigenvalue weighted by atomic mass is 79.9. The van der Waals surface area contributed by atoms with Crippen LogP contribution in [0.25, 0.3) is 0 Å². The molecule has 1 unspecified atom stereocenters. The molecule has 0 amide bonds. The van der Waals surface area contributed by atoms with Gasteiger partial charge in [0, 0.05) is 9.35 Å². The third-order valence-electron chi connectivity index (χ3n) is 3.42. The minimum atomic E-state index is 0.604. The molecule has 1 aromatic carbocycles. The number of hydrogen-bond donors (Lipinski definition) is 1. The van der Waals surface area contributed by atoms with Crippen LogP contribution in [-0.4, -0.2) is 13.1 Å². The quantitative estimate of drug-likeness (QED) is 0.585. The molecule has 1 atom stereocenters. The lowest BCUT2D eigenvalue weighted by molar-refractivity contribution is 0.473. The summed E-state index contributed by atoms with van der Waals surface area (Å²) in [6.07, 6.45) is 3.36. The van der Waals surface area contributed by atoms with E-state index in [2.05, 4.69) is 58.5 Å². The first-order chi connectivity index (χ1) is 10.2. The zero-order valence-corrected chi connectivity index (χ0v) is 15.4. The molecular weight excluding hydrogens is 366 g/mol. The smallest absolute Gasteiger partial charge is 0.0931 e. The summed E-state index contributed by atoms with van der Waals surface area (Å²) in [6, 6.07) is 12.8. The summed E-state index contributed by atoms with van der Waals surface area (Å²) in [5, 5.41) is 3.56. The van der Waals surface area contributed by atoms with E-state index in [1.165, 1.54) is 16.9 Å². The Morgan fingerprint density at radius 3 is 2.52 bits per heavy atom. The maximum atomic E-state index is 6.05. The van der Waals surface area contributed by atoms with Crippen LogP contribution in [0.2, 0.25) is 4.34 Å². The van der Waals surface area contributed by atoms with Crippen molar-refractivity contribution in [2.24, 2.45) is 5.92 Å². The Balaban J connectivity index is 1.98. The van der Waals surface area contributed by atoms with Gasteiger partial charge in [-0.15, -0.1) is 11.3 Å². The Morgan fingerprint density at radius 2 is 1.90 bits per heavy atom. The number of hydrogen-bond acceptors (Lipinski definition) is 2. The van der Waals surface area contributed by atoms with E-state index in [4.69, 9.17) is 11.6 Å². The minimum absolute atomic E-state index is 0.604. The van der Waals surface area contributed by atoms with Crippen molar-refractivity contribution in [2.45, 2.75) is 26.2 Å². The first-order valence-corrected chi connectivity index (χ1v) is 9.35. The summed E-state index contributed by atoms with van der Waals surface area (Å²) < 4.78 is 2.02. The van der Waals surface area contributed by atoms with Crippen LogP contribution in [0, 0.1) is 5.92 Å². The van der Waals surface area contributed by atoms with Gasteiger partial charge in [0.15, 0.2) is 0 Å². The van der Waals surface area contributed by atoms with Crippen molar-refractivity contribution in [3.8, 4) is 0 Å². The van der Waals surface area contributed by atoms with Crippen LogP contribution < -0.4 is 5.32 Å². The molecule has 114 valence electrons. The van der Waals surface area contributed by atoms with Gasteiger partial charge < -0.3 is 5.32 Å². The number of benzene rings is 1. The van der Waals surface area contributed by atoms with E-state index in [0.717, 1.165) is 34.7 Å². The molecular formula is C17H21BrClNS. The summed E-state index contributed by atoms with van der Waals surface area (Å²) in [4.78, 5) is 1.38. The van der Waals surface area contributed by atoms with Crippen molar-refractivity contribution in [1.29, 1.82) is 0 Å². The van der Waals surface area contributed by atoms with Gasteiger partial charge in [-0.25, -0.2) is 0 Å². The average molecular weight is 387 g/mol. The molecule has 1 aromatic heterocycles. The van der Waals surface area contributed by atoms with Crippen molar-refractivity contribution < 1.29 is 0 Å². The van der Waals surface area contributed by atoms with Crippen molar-refractivity contribution in [3.63, 3.8) is 0 Å². The highest BCUT2D eigenvalue weighted by molar-refractivity contribution is 9.10. The zero-order valence-electron chi connectivity index (χ0n) is 12.2. The molecule has 0 spiro atoms. The number of thiophene rings is 1. The fourth-order valence-corrected chi connectivity index (χ4v) is 3.87. The highest BCUT2D eigenvalue weighted by Gasteiger charge is 2.12. The third-order valence-corrected chi connectivity index (χ3v) is 5.20. The Bertz CT molecular complexity index is 538. The normalized spacial score (nSPS) is 12.5. The SMILES string of the molecule is CCCNCC(Cc1ccc(Br)cc1)Cc1ccc(Cl)s1. The highest BCUT2D eigenvalue weighted by Crippen LogP contribution is 2.25. The molecule has 0 saturated carbocycles. The van der Waals surface area contributed by atoms with E-state index >= 15 is 0 Å². The van der Waals surface area contributed by atoms with Gasteiger partial charge in [0.2, 0.25) is 0 Å². The molecule has 0 aliphatic rings. The molecule has 1 N–H and O–H groups in total. The molecule has 21 heavy (non-hydrogen) atoms. The van der Waals surface area contributed by atoms with Crippen molar-refractivity contribution in [3.05, 3.63) is 55.6 Å². The lowest BCUT2D eigenvalue weighted by Gasteiger charge is -2.17. The topological polar surface area (TPSA) is 12.0 Å². The van der Waals surface area contributed by atoms with Crippen LogP contribution in [0.1, 0.15) is 23.8 Å². The Hall–Kier alpha value is -0.350. The molecule has 0 fully saturated rings. The molecule has 0 bridgehead atoms. The largest absolute Gasteiger partial charge is 0.316 e. The van der Waals surface area contributed by atoms with Gasteiger partial charge in [0.25, 0.3) is 0 Å². The summed E-state index contributed by atoms with van der Waals surface area (Å²) in [5.74, 6) is 0.604. The molecule has 0 aliphatic heterocycles. The zero-order chi connectivity index (χ0) is 15.1. The monoisotopic (exact) mass is 385 g/mol. The number of rotatable bonds is 8. The van der Waals surface area contributed by atoms with E-state index < -0.39 is 0 Å². The van der Waals surface area contributed by atoms with Crippen LogP contribution in [0.3, 0.4) is 0 Å². The number of nitrogens with one attached hydrogen (secondary N) is 1. The van der Waals surface area contributed by atoms with Crippen molar-refractivity contribution in [2.75, 3.05) is 13.1 Å². The van der Waals surface area contributed by atoms with E-state index in [0.29, 0.717) is 5.92 Å². The van der Waals surface area contributed by atoms with Crippen LogP contribution in [0.5, 0.6) is 0 Å². The Kier molecular flexibility index (Phi) is 7.24. The molecule has 1 heterocycles. The molecule has 4 heteroatoms. The van der Waals surface area contributed by atoms with Gasteiger partial charge in [0.1, 0.15) is 0 Å². The van der Waals surface area contributed by atoms with E-state index in [1.54, 1.807) is 11.3 Å². The lowest BCUT2D eigenvalue weighted by atomic mass is 9.95. The van der Waals surface area contributed by atoms with E-state index in [1.807, 2.05) is 6.07 Å². The second-order valence-corrected chi connectivity index (χ2v) is 8.03. The summed E-state index contributed by atoms with van der Waals surface area (Å²) in [5.41, 5.74) is 1.39. The van der Waals surface area contributed by atoms with Gasteiger partial charge in [-0.3, -0.25) is 0 Å². The molecule has 0 saturated heterocycles. The first-order valence-electron chi connectivity index (χ1n) is 7.36. The van der Waals surface area contributed by atoms with Crippen LogP contribution in [0.15, 0.2) is 40.9 Å². The minimum Gasteiger partial charge on any atom is -0.316 e. The summed E-state index contributed by atoms with van der Waals surface area (Å²) >= 11 is 11.2. The maximum Gasteiger partial charge on any atom is 0.0931 e. The summed E-state index contributed by atoms with van der Waals surface area (Å²) in [6.45, 7) is 4.34. The lowest BCUT2D eigenvalue weighted by Crippen LogP contribution is -2.26. The second-order valence-electron chi connectivity index (χ2n) is 5.31. The molecule has 0 radical (unpaired) electrons. The molecule has 0 aliphatic carbocycles. The van der Waals surface area contributed by atoms with E-state index in [-0.39, 0.29) is 0 Å². The fourth-order valence-electron chi connectivity index (χ4n) is 2.40. The van der Waals surface area contributed by atoms with Gasteiger partial charge >= 0.3 is 0 Å².